The van der Waals surface area contributed by atoms with Gasteiger partial charge < -0.3 is 18.9 Å². The summed E-state index contributed by atoms with van der Waals surface area (Å²) in [7, 11) is 0. The molecule has 2 aliphatic carbocycles. The van der Waals surface area contributed by atoms with Gasteiger partial charge >= 0.3 is 0 Å². The first-order valence-electron chi connectivity index (χ1n) is 44.7. The van der Waals surface area contributed by atoms with Crippen LogP contribution in [0.15, 0.2) is 449 Å². The van der Waals surface area contributed by atoms with E-state index in [9.17, 15) is 0 Å². The van der Waals surface area contributed by atoms with Crippen LogP contribution in [0.25, 0.3) is 186 Å². The molecule has 0 N–H and O–H groups in total. The van der Waals surface area contributed by atoms with Crippen LogP contribution in [0.1, 0.15) is 49.9 Å². The summed E-state index contributed by atoms with van der Waals surface area (Å²) in [5.41, 5.74) is 31.7. The van der Waals surface area contributed by atoms with Gasteiger partial charge in [-0.25, -0.2) is 0 Å². The van der Waals surface area contributed by atoms with Gasteiger partial charge in [-0.2, -0.15) is 0 Å². The number of hydrogen-bond acceptors (Lipinski definition) is 2. The number of nitrogens with zero attached hydrogens (tertiary/aromatic N) is 4. The summed E-state index contributed by atoms with van der Waals surface area (Å²) in [5.74, 6) is 0. The summed E-state index contributed by atoms with van der Waals surface area (Å²) in [4.78, 5) is 4.90. The molecule has 602 valence electrons. The Morgan fingerprint density at radius 3 is 0.938 bits per heavy atom. The van der Waals surface area contributed by atoms with Gasteiger partial charge in [-0.15, -0.1) is 0 Å². The van der Waals surface area contributed by atoms with E-state index in [4.69, 9.17) is 0 Å². The summed E-state index contributed by atoms with van der Waals surface area (Å²) < 4.78 is 4.83. The third kappa shape index (κ3) is 11.8. The zero-order valence-corrected chi connectivity index (χ0v) is 71.5. The first-order chi connectivity index (χ1) is 63.0. The zero-order chi connectivity index (χ0) is 85.0. The Morgan fingerprint density at radius 1 is 0.172 bits per heavy atom. The molecule has 0 radical (unpaired) electrons. The monoisotopic (exact) mass is 1630 g/mol. The maximum Gasteiger partial charge on any atom is 0.0541 e. The van der Waals surface area contributed by atoms with Gasteiger partial charge in [-0.1, -0.05) is 343 Å². The third-order valence-electron chi connectivity index (χ3n) is 28.1. The topological polar surface area (TPSA) is 16.3 Å². The molecule has 0 saturated carbocycles. The largest absolute Gasteiger partial charge is 0.310 e. The molecular formula is C124H86N4. The van der Waals surface area contributed by atoms with E-state index in [0.717, 1.165) is 39.8 Å². The van der Waals surface area contributed by atoms with Crippen LogP contribution in [-0.4, -0.2) is 9.13 Å². The number of rotatable bonds is 11. The van der Waals surface area contributed by atoms with Crippen LogP contribution in [0.3, 0.4) is 0 Å². The number of anilines is 6. The lowest BCUT2D eigenvalue weighted by atomic mass is 9.82. The van der Waals surface area contributed by atoms with E-state index < -0.39 is 0 Å². The second kappa shape index (κ2) is 29.3. The Kier molecular flexibility index (Phi) is 17.0. The van der Waals surface area contributed by atoms with Crippen molar-refractivity contribution in [3.63, 3.8) is 0 Å². The van der Waals surface area contributed by atoms with Gasteiger partial charge in [-0.05, 0) is 281 Å². The first kappa shape index (κ1) is 74.5. The molecule has 0 atom stereocenters. The predicted octanol–water partition coefficient (Wildman–Crippen LogP) is 34.2. The molecule has 4 nitrogen and oxygen atoms in total. The van der Waals surface area contributed by atoms with E-state index in [1.165, 1.54) is 203 Å². The normalized spacial score (nSPS) is 13.0. The van der Waals surface area contributed by atoms with Crippen molar-refractivity contribution in [3.8, 4) is 67.0 Å². The molecule has 0 amide bonds. The van der Waals surface area contributed by atoms with Crippen molar-refractivity contribution in [2.24, 2.45) is 0 Å². The van der Waals surface area contributed by atoms with E-state index in [0.29, 0.717) is 0 Å². The van der Waals surface area contributed by atoms with Crippen LogP contribution in [0, 0.1) is 0 Å². The van der Waals surface area contributed by atoms with Crippen LogP contribution < -0.4 is 9.80 Å². The van der Waals surface area contributed by atoms with E-state index >= 15 is 0 Å². The highest BCUT2D eigenvalue weighted by Crippen LogP contribution is 2.55. The van der Waals surface area contributed by atoms with Gasteiger partial charge in [0.1, 0.15) is 0 Å². The van der Waals surface area contributed by atoms with Gasteiger partial charge in [0, 0.05) is 77.6 Å². The predicted molar refractivity (Wildman–Crippen MR) is 545 cm³/mol. The van der Waals surface area contributed by atoms with Gasteiger partial charge in [0.15, 0.2) is 0 Å². The maximum absolute atomic E-state index is 2.45. The standard InChI is InChI=1S/C63H44N2.C61H42N2/c1-63(2)59-24-14-13-23-54(59)55-34-32-48(40-60(55)63)64(47-31-33-53-51-21-10-9-19-49(51)50-20-11-12-22-52(50)56(53)39-47)46-29-25-42(26-30-46)44-28-36-62-58(38-44)57-37-43(41-15-5-3-6-16-41)27-35-61(57)65(62)45-17-7-4-8-18-45;1-61(2)56-23-11-9-21-51(56)52-34-32-44(38-57(52)61)62(43-31-33-50-48-19-6-5-17-46(48)47-18-7-8-20-49(47)54(50)37-43)42-29-26-39(27-30-42)41-28-35-60-55(36-41)53-22-10-12-24-59(53)63(60)58-25-13-15-40-14-3-4-16-45(40)58/h3-40H,1-2H3;3-38H,1-2H3. The van der Waals surface area contributed by atoms with E-state index in [1.807, 2.05) is 0 Å². The van der Waals surface area contributed by atoms with Crippen molar-refractivity contribution in [2.45, 2.75) is 38.5 Å². The molecule has 128 heavy (non-hydrogen) atoms. The number of aromatic nitrogens is 2. The quantitative estimate of drug-likeness (QED) is 0.120. The number of hydrogen-bond donors (Lipinski definition) is 0. The fourth-order valence-corrected chi connectivity index (χ4v) is 21.9. The number of para-hydroxylation sites is 2. The Morgan fingerprint density at radius 2 is 0.477 bits per heavy atom. The molecule has 2 aliphatic rings. The lowest BCUT2D eigenvalue weighted by molar-refractivity contribution is 0.660. The molecule has 0 aliphatic heterocycles. The van der Waals surface area contributed by atoms with Crippen molar-refractivity contribution in [1.29, 1.82) is 0 Å². The number of fused-ring (bicyclic) bond motifs is 25. The van der Waals surface area contributed by atoms with Crippen LogP contribution in [0.5, 0.6) is 0 Å². The minimum atomic E-state index is -0.125. The molecule has 2 heterocycles. The second-order valence-corrected chi connectivity index (χ2v) is 35.8. The molecule has 0 fully saturated rings. The van der Waals surface area contributed by atoms with Crippen LogP contribution in [-0.2, 0) is 10.8 Å². The molecular weight excluding hydrogens is 1550 g/mol. The summed E-state index contributed by atoms with van der Waals surface area (Å²) in [6.07, 6.45) is 0. The van der Waals surface area contributed by atoms with E-state index in [-0.39, 0.29) is 10.8 Å². The molecule has 26 rings (SSSR count). The van der Waals surface area contributed by atoms with Crippen LogP contribution in [0.2, 0.25) is 0 Å². The summed E-state index contributed by atoms with van der Waals surface area (Å²) in [6.45, 7) is 9.46. The highest BCUT2D eigenvalue weighted by atomic mass is 15.1. The van der Waals surface area contributed by atoms with Gasteiger partial charge in [0.05, 0.1) is 27.8 Å². The molecule has 22 aromatic carbocycles. The molecule has 2 aromatic heterocycles. The van der Waals surface area contributed by atoms with Crippen LogP contribution in [0.4, 0.5) is 34.1 Å². The fourth-order valence-electron chi connectivity index (χ4n) is 21.9. The van der Waals surface area contributed by atoms with Crippen molar-refractivity contribution in [1.82, 2.24) is 9.13 Å². The third-order valence-corrected chi connectivity index (χ3v) is 28.1. The SMILES string of the molecule is CC1(C)c2ccccc2-c2ccc(N(c3ccc(-c4ccc5c(c4)c4cc(-c6ccccc6)ccc4n5-c4ccccc4)cc3)c3ccc4c5ccccc5c5ccccc5c4c3)cc21.CC1(C)c2ccccc2-c2ccc(N(c3ccc(-c4ccc5c(c4)c4ccccc4n5-c4cccc5ccccc45)cc3)c3ccc4c5ccccc5c5ccccc5c4c3)cc21. The highest BCUT2D eigenvalue weighted by molar-refractivity contribution is 6.27. The van der Waals surface area contributed by atoms with Gasteiger partial charge in [0.25, 0.3) is 0 Å². The van der Waals surface area contributed by atoms with Gasteiger partial charge in [0.2, 0.25) is 0 Å². The molecule has 0 saturated heterocycles. The molecule has 4 heteroatoms. The summed E-state index contributed by atoms with van der Waals surface area (Å²) >= 11 is 0. The second-order valence-electron chi connectivity index (χ2n) is 35.8. The zero-order valence-electron chi connectivity index (χ0n) is 71.5. The molecule has 0 bridgehead atoms. The Bertz CT molecular complexity index is 8610. The summed E-state index contributed by atoms with van der Waals surface area (Å²) in [6, 6.07) is 166. The van der Waals surface area contributed by atoms with E-state index in [1.54, 1.807) is 0 Å². The van der Waals surface area contributed by atoms with Gasteiger partial charge in [-0.3, -0.25) is 0 Å². The summed E-state index contributed by atoms with van der Waals surface area (Å²) in [5, 5.41) is 22.8. The van der Waals surface area contributed by atoms with E-state index in [2.05, 4.69) is 496 Å². The minimum absolute atomic E-state index is 0.120. The Labute approximate surface area is 743 Å². The Hall–Kier alpha value is -16.1. The maximum atomic E-state index is 2.45. The molecule has 0 spiro atoms. The van der Waals surface area contributed by atoms with Crippen molar-refractivity contribution < 1.29 is 0 Å². The lowest BCUT2D eigenvalue weighted by Gasteiger charge is -2.28. The minimum Gasteiger partial charge on any atom is -0.310 e. The molecule has 24 aromatic rings. The number of benzene rings is 22. The average Bonchev–Trinajstić information content (AvgIpc) is 1.72. The first-order valence-corrected chi connectivity index (χ1v) is 44.7. The van der Waals surface area contributed by atoms with Crippen molar-refractivity contribution in [3.05, 3.63) is 471 Å². The van der Waals surface area contributed by atoms with Crippen molar-refractivity contribution in [2.75, 3.05) is 9.80 Å². The fraction of sp³-hybridized carbons (Fsp3) is 0.0484. The lowest BCUT2D eigenvalue weighted by Crippen LogP contribution is -2.16. The highest BCUT2D eigenvalue weighted by Gasteiger charge is 2.38. The average molecular weight is 1630 g/mol. The Balaban J connectivity index is 0.000000139. The smallest absolute Gasteiger partial charge is 0.0541 e. The van der Waals surface area contributed by atoms with Crippen LogP contribution >= 0.6 is 0 Å². The van der Waals surface area contributed by atoms with Crippen molar-refractivity contribution >= 4 is 153 Å². The molecule has 0 unspecified atom stereocenters.